The van der Waals surface area contributed by atoms with Crippen LogP contribution in [0, 0.1) is 10.1 Å². The van der Waals surface area contributed by atoms with Crippen LogP contribution in [0.15, 0.2) is 18.3 Å². The lowest BCUT2D eigenvalue weighted by Crippen LogP contribution is -2.10. The van der Waals surface area contributed by atoms with E-state index in [0.29, 0.717) is 6.07 Å². The third-order valence-electron chi connectivity index (χ3n) is 2.21. The zero-order valence-electron chi connectivity index (χ0n) is 9.92. The first-order valence-corrected chi connectivity index (χ1v) is 5.13. The second-order valence-corrected chi connectivity index (χ2v) is 3.72. The van der Waals surface area contributed by atoms with Gasteiger partial charge in [-0.05, 0) is 6.07 Å². The van der Waals surface area contributed by atoms with E-state index in [1.165, 1.54) is 17.9 Å². The van der Waals surface area contributed by atoms with Crippen molar-refractivity contribution >= 4 is 17.3 Å². The summed E-state index contributed by atoms with van der Waals surface area (Å²) in [4.78, 5) is 13.2. The number of rotatable bonds is 3. The molecular weight excluding hydrogens is 281 g/mol. The Morgan fingerprint density at radius 1 is 1.40 bits per heavy atom. The van der Waals surface area contributed by atoms with Crippen molar-refractivity contribution in [2.24, 2.45) is 7.05 Å². The fourth-order valence-electron chi connectivity index (χ4n) is 1.37. The first kappa shape index (κ1) is 13.7. The number of nitrogens with one attached hydrogen (secondary N) is 1. The molecule has 0 aliphatic carbocycles. The van der Waals surface area contributed by atoms with Crippen LogP contribution in [0.3, 0.4) is 0 Å². The number of aromatic nitrogens is 4. The van der Waals surface area contributed by atoms with Gasteiger partial charge in [0.25, 0.3) is 0 Å². The van der Waals surface area contributed by atoms with Gasteiger partial charge < -0.3 is 5.32 Å². The van der Waals surface area contributed by atoms with Gasteiger partial charge >= 0.3 is 11.9 Å². The molecule has 2 heterocycles. The third-order valence-corrected chi connectivity index (χ3v) is 2.21. The average Bonchev–Trinajstić information content (AvgIpc) is 2.73. The van der Waals surface area contributed by atoms with E-state index < -0.39 is 28.3 Å². The highest BCUT2D eigenvalue weighted by molar-refractivity contribution is 5.63. The lowest BCUT2D eigenvalue weighted by Gasteiger charge is -2.08. The SMILES string of the molecule is Cn1cc(Nc2nc(C(F)(F)F)ccc2[N+](=O)[O-])nn1. The zero-order valence-corrected chi connectivity index (χ0v) is 9.92. The first-order chi connectivity index (χ1) is 9.27. The van der Waals surface area contributed by atoms with Crippen molar-refractivity contribution in [3.8, 4) is 0 Å². The Morgan fingerprint density at radius 2 is 2.10 bits per heavy atom. The number of halogens is 3. The van der Waals surface area contributed by atoms with Crippen molar-refractivity contribution in [3.63, 3.8) is 0 Å². The van der Waals surface area contributed by atoms with Crippen molar-refractivity contribution in [1.29, 1.82) is 0 Å². The molecule has 2 aromatic rings. The van der Waals surface area contributed by atoms with Gasteiger partial charge in [-0.15, -0.1) is 5.10 Å². The van der Waals surface area contributed by atoms with E-state index >= 15 is 0 Å². The van der Waals surface area contributed by atoms with Crippen LogP contribution >= 0.6 is 0 Å². The number of nitrogens with zero attached hydrogens (tertiary/aromatic N) is 5. The van der Waals surface area contributed by atoms with E-state index in [9.17, 15) is 23.3 Å². The Kier molecular flexibility index (Phi) is 3.26. The Hall–Kier alpha value is -2.72. The number of aryl methyl sites for hydroxylation is 1. The van der Waals surface area contributed by atoms with Crippen molar-refractivity contribution in [3.05, 3.63) is 34.1 Å². The number of hydrogen-bond donors (Lipinski definition) is 1. The molecule has 8 nitrogen and oxygen atoms in total. The summed E-state index contributed by atoms with van der Waals surface area (Å²) in [5.74, 6) is -0.507. The predicted molar refractivity (Wildman–Crippen MR) is 60.2 cm³/mol. The molecule has 106 valence electrons. The summed E-state index contributed by atoms with van der Waals surface area (Å²) in [7, 11) is 1.53. The summed E-state index contributed by atoms with van der Waals surface area (Å²) < 4.78 is 38.9. The maximum Gasteiger partial charge on any atom is 0.433 e. The number of alkyl halides is 3. The number of pyridine rings is 1. The van der Waals surface area contributed by atoms with Crippen LogP contribution in [0.4, 0.5) is 30.5 Å². The van der Waals surface area contributed by atoms with E-state index in [1.807, 2.05) is 0 Å². The lowest BCUT2D eigenvalue weighted by molar-refractivity contribution is -0.384. The number of nitro groups is 1. The summed E-state index contributed by atoms with van der Waals surface area (Å²) in [5.41, 5.74) is -1.84. The van der Waals surface area contributed by atoms with Crippen LogP contribution in [0.2, 0.25) is 0 Å². The topological polar surface area (TPSA) is 98.8 Å². The smallest absolute Gasteiger partial charge is 0.316 e. The van der Waals surface area contributed by atoms with Gasteiger partial charge in [0.15, 0.2) is 5.82 Å². The van der Waals surface area contributed by atoms with Crippen molar-refractivity contribution in [1.82, 2.24) is 20.0 Å². The van der Waals surface area contributed by atoms with Crippen molar-refractivity contribution in [2.75, 3.05) is 5.32 Å². The van der Waals surface area contributed by atoms with Gasteiger partial charge in [-0.25, -0.2) is 4.98 Å². The molecule has 0 saturated carbocycles. The van der Waals surface area contributed by atoms with Gasteiger partial charge in [0, 0.05) is 13.1 Å². The summed E-state index contributed by atoms with van der Waals surface area (Å²) in [5, 5.41) is 20.2. The second-order valence-electron chi connectivity index (χ2n) is 3.72. The molecule has 0 unspecified atom stereocenters. The Labute approximate surface area is 109 Å². The molecule has 0 aromatic carbocycles. The molecule has 20 heavy (non-hydrogen) atoms. The fraction of sp³-hybridized carbons (Fsp3) is 0.222. The molecule has 2 rings (SSSR count). The van der Waals surface area contributed by atoms with Crippen LogP contribution in [0.1, 0.15) is 5.69 Å². The third kappa shape index (κ3) is 2.81. The molecule has 0 spiro atoms. The van der Waals surface area contributed by atoms with E-state index in [4.69, 9.17) is 0 Å². The van der Waals surface area contributed by atoms with Gasteiger partial charge in [0.1, 0.15) is 5.69 Å². The second kappa shape index (κ2) is 4.75. The van der Waals surface area contributed by atoms with E-state index in [0.717, 1.165) is 6.07 Å². The zero-order chi connectivity index (χ0) is 14.9. The monoisotopic (exact) mass is 288 g/mol. The summed E-state index contributed by atoms with van der Waals surface area (Å²) in [6.07, 6.45) is -3.36. The van der Waals surface area contributed by atoms with E-state index in [-0.39, 0.29) is 5.82 Å². The lowest BCUT2D eigenvalue weighted by atomic mass is 10.3. The van der Waals surface area contributed by atoms with Gasteiger partial charge in [0.05, 0.1) is 11.1 Å². The first-order valence-electron chi connectivity index (χ1n) is 5.13. The summed E-state index contributed by atoms with van der Waals surface area (Å²) >= 11 is 0. The van der Waals surface area contributed by atoms with Gasteiger partial charge in [-0.3, -0.25) is 14.8 Å². The molecule has 0 radical (unpaired) electrons. The highest BCUT2D eigenvalue weighted by Gasteiger charge is 2.34. The molecule has 11 heteroatoms. The maximum absolute atomic E-state index is 12.6. The molecule has 0 saturated heterocycles. The Bertz CT molecular complexity index is 653. The van der Waals surface area contributed by atoms with Gasteiger partial charge in [-0.1, -0.05) is 5.21 Å². The Balaban J connectivity index is 2.44. The largest absolute Gasteiger partial charge is 0.433 e. The van der Waals surface area contributed by atoms with Crippen LogP contribution in [0.25, 0.3) is 0 Å². The minimum Gasteiger partial charge on any atom is -0.316 e. The number of anilines is 2. The molecule has 0 bridgehead atoms. The van der Waals surface area contributed by atoms with Crippen molar-refractivity contribution in [2.45, 2.75) is 6.18 Å². The van der Waals surface area contributed by atoms with Crippen LogP contribution in [-0.4, -0.2) is 24.9 Å². The van der Waals surface area contributed by atoms with E-state index in [1.54, 1.807) is 0 Å². The molecule has 0 aliphatic heterocycles. The Morgan fingerprint density at radius 3 is 2.60 bits per heavy atom. The normalized spacial score (nSPS) is 11.4. The molecular formula is C9H7F3N6O2. The number of hydrogen-bond acceptors (Lipinski definition) is 6. The standard InChI is InChI=1S/C9H7F3N6O2/c1-17-4-7(15-16-17)14-8-5(18(19)20)2-3-6(13-8)9(10,11)12/h2-4H,1H3,(H,13,14). The van der Waals surface area contributed by atoms with Crippen molar-refractivity contribution < 1.29 is 18.1 Å². The van der Waals surface area contributed by atoms with Crippen LogP contribution in [-0.2, 0) is 13.2 Å². The minimum absolute atomic E-state index is 0.0439. The van der Waals surface area contributed by atoms with Crippen LogP contribution in [0.5, 0.6) is 0 Å². The van der Waals surface area contributed by atoms with Gasteiger partial charge in [0.2, 0.25) is 5.82 Å². The van der Waals surface area contributed by atoms with Crippen LogP contribution < -0.4 is 5.32 Å². The van der Waals surface area contributed by atoms with E-state index in [2.05, 4.69) is 20.6 Å². The average molecular weight is 288 g/mol. The van der Waals surface area contributed by atoms with Gasteiger partial charge in [-0.2, -0.15) is 13.2 Å². The quantitative estimate of drug-likeness (QED) is 0.684. The highest BCUT2D eigenvalue weighted by Crippen LogP contribution is 2.32. The predicted octanol–water partition coefficient (Wildman–Crippen LogP) is 1.88. The molecule has 0 amide bonds. The molecule has 1 N–H and O–H groups in total. The molecule has 0 fully saturated rings. The molecule has 2 aromatic heterocycles. The maximum atomic E-state index is 12.6. The highest BCUT2D eigenvalue weighted by atomic mass is 19.4. The summed E-state index contributed by atoms with van der Waals surface area (Å²) in [6, 6.07) is 1.27. The molecule has 0 aliphatic rings. The fourth-order valence-corrected chi connectivity index (χ4v) is 1.37. The minimum atomic E-state index is -4.70. The summed E-state index contributed by atoms with van der Waals surface area (Å²) in [6.45, 7) is 0. The molecule has 0 atom stereocenters.